The molecule has 3 fully saturated rings. The molecular formula is C26H30F4O7. The molecular weight excluding hydrogens is 500 g/mol. The van der Waals surface area contributed by atoms with Gasteiger partial charge in [-0.05, 0) is 56.6 Å². The lowest BCUT2D eigenvalue weighted by Crippen LogP contribution is -2.70. The fraction of sp³-hybridized carbons (Fsp3) is 0.692. The molecule has 0 aromatic carbocycles. The number of Topliss-reactive ketones (excluding diaryl/α,β-unsaturated/α-hetero) is 1. The van der Waals surface area contributed by atoms with Gasteiger partial charge in [0.1, 0.15) is 11.7 Å². The lowest BCUT2D eigenvalue weighted by Gasteiger charge is -2.63. The Labute approximate surface area is 211 Å². The van der Waals surface area contributed by atoms with Crippen molar-refractivity contribution in [2.24, 2.45) is 28.6 Å². The van der Waals surface area contributed by atoms with Gasteiger partial charge in [-0.2, -0.15) is 13.2 Å². The Bertz CT molecular complexity index is 1110. The third-order valence-corrected chi connectivity index (χ3v) is 9.51. The highest BCUT2D eigenvalue weighted by Gasteiger charge is 2.77. The van der Waals surface area contributed by atoms with E-state index in [1.165, 1.54) is 26.0 Å². The average Bonchev–Trinajstić information content (AvgIpc) is 2.99. The third kappa shape index (κ3) is 3.71. The van der Waals surface area contributed by atoms with Crippen LogP contribution in [-0.4, -0.2) is 58.8 Å². The lowest BCUT2D eigenvalue weighted by atomic mass is 9.44. The minimum absolute atomic E-state index is 0.111. The van der Waals surface area contributed by atoms with E-state index in [1.54, 1.807) is 6.92 Å². The number of allylic oxidation sites excluding steroid dienone is 4. The van der Waals surface area contributed by atoms with Crippen LogP contribution >= 0.6 is 0 Å². The highest BCUT2D eigenvalue weighted by molar-refractivity contribution is 6.01. The Morgan fingerprint density at radius 2 is 1.84 bits per heavy atom. The maximum absolute atomic E-state index is 17.6. The summed E-state index contributed by atoms with van der Waals surface area (Å²) in [5, 5.41) is 11.8. The fourth-order valence-corrected chi connectivity index (χ4v) is 7.70. The molecule has 3 saturated carbocycles. The Kier molecular flexibility index (Phi) is 6.29. The molecule has 4 rings (SSSR count). The van der Waals surface area contributed by atoms with Gasteiger partial charge in [-0.15, -0.1) is 0 Å². The van der Waals surface area contributed by atoms with Crippen molar-refractivity contribution in [3.63, 3.8) is 0 Å². The first-order valence-electron chi connectivity index (χ1n) is 12.2. The number of alkyl halides is 4. The van der Waals surface area contributed by atoms with Crippen LogP contribution < -0.4 is 0 Å². The van der Waals surface area contributed by atoms with Gasteiger partial charge in [-0.25, -0.2) is 9.18 Å². The molecule has 0 aliphatic heterocycles. The van der Waals surface area contributed by atoms with E-state index in [4.69, 9.17) is 9.47 Å². The maximum atomic E-state index is 17.6. The monoisotopic (exact) mass is 530 g/mol. The minimum atomic E-state index is -5.40. The van der Waals surface area contributed by atoms with Crippen molar-refractivity contribution >= 4 is 23.5 Å². The van der Waals surface area contributed by atoms with Gasteiger partial charge in [0.2, 0.25) is 5.78 Å². The zero-order valence-electron chi connectivity index (χ0n) is 21.0. The Morgan fingerprint density at radius 1 is 1.19 bits per heavy atom. The number of hydrogen-bond donors (Lipinski definition) is 1. The van der Waals surface area contributed by atoms with Crippen LogP contribution in [0.15, 0.2) is 23.8 Å². The normalized spacial score (nSPS) is 42.7. The number of esters is 2. The highest BCUT2D eigenvalue weighted by atomic mass is 19.4. The van der Waals surface area contributed by atoms with Crippen molar-refractivity contribution in [2.45, 2.75) is 76.9 Å². The van der Waals surface area contributed by atoms with Crippen LogP contribution in [-0.2, 0) is 28.7 Å². The van der Waals surface area contributed by atoms with Crippen LogP contribution in [0.4, 0.5) is 17.6 Å². The molecule has 0 saturated heterocycles. The van der Waals surface area contributed by atoms with Crippen molar-refractivity contribution in [1.29, 1.82) is 0 Å². The molecule has 0 heterocycles. The second-order valence-corrected chi connectivity index (χ2v) is 11.2. The summed E-state index contributed by atoms with van der Waals surface area (Å²) in [6, 6.07) is 0. The van der Waals surface area contributed by atoms with Gasteiger partial charge in [-0.1, -0.05) is 25.5 Å². The van der Waals surface area contributed by atoms with E-state index in [2.05, 4.69) is 0 Å². The SMILES string of the molecule is CC(=O)OCC(=O)[C@@]1(O)[C@H](C)C[C@H]2[C@@H]3CCC4=CC(=O)C=C[C@]4(C)[C@@]3(F)[C@@H](OC(=O)C(F)(F)F)C[C@@]21C. The molecule has 0 amide bonds. The van der Waals surface area contributed by atoms with Crippen LogP contribution in [0.1, 0.15) is 53.4 Å². The molecule has 0 aromatic rings. The molecule has 11 heteroatoms. The first-order valence-corrected chi connectivity index (χ1v) is 12.2. The highest BCUT2D eigenvalue weighted by Crippen LogP contribution is 2.71. The van der Waals surface area contributed by atoms with Crippen LogP contribution in [0.25, 0.3) is 0 Å². The number of ketones is 2. The number of rotatable bonds is 4. The molecule has 4 aliphatic carbocycles. The topological polar surface area (TPSA) is 107 Å². The first-order chi connectivity index (χ1) is 16.9. The van der Waals surface area contributed by atoms with Crippen molar-refractivity contribution in [3.8, 4) is 0 Å². The van der Waals surface area contributed by atoms with E-state index in [9.17, 15) is 37.5 Å². The molecule has 4 aliphatic rings. The summed E-state index contributed by atoms with van der Waals surface area (Å²) in [6.07, 6.45) is -3.67. The largest absolute Gasteiger partial charge is 0.490 e. The Morgan fingerprint density at radius 3 is 2.43 bits per heavy atom. The van der Waals surface area contributed by atoms with Gasteiger partial charge < -0.3 is 14.6 Å². The van der Waals surface area contributed by atoms with E-state index in [0.717, 1.165) is 13.0 Å². The number of fused-ring (bicyclic) bond motifs is 5. The quantitative estimate of drug-likeness (QED) is 0.437. The molecule has 8 atom stereocenters. The van der Waals surface area contributed by atoms with Crippen LogP contribution in [0.5, 0.6) is 0 Å². The van der Waals surface area contributed by atoms with Gasteiger partial charge in [0.25, 0.3) is 0 Å². The molecule has 0 bridgehead atoms. The number of hydrogen-bond acceptors (Lipinski definition) is 7. The molecule has 0 aromatic heterocycles. The predicted molar refractivity (Wildman–Crippen MR) is 119 cm³/mol. The molecule has 0 unspecified atom stereocenters. The van der Waals surface area contributed by atoms with Crippen LogP contribution in [0.3, 0.4) is 0 Å². The first kappa shape index (κ1) is 27.5. The summed E-state index contributed by atoms with van der Waals surface area (Å²) in [4.78, 5) is 48.6. The fourth-order valence-electron chi connectivity index (χ4n) is 7.70. The summed E-state index contributed by atoms with van der Waals surface area (Å²) in [5.41, 5.74) is -7.38. The van der Waals surface area contributed by atoms with Crippen LogP contribution in [0, 0.1) is 28.6 Å². The van der Waals surface area contributed by atoms with E-state index < -0.39 is 82.9 Å². The van der Waals surface area contributed by atoms with E-state index in [0.29, 0.717) is 5.57 Å². The summed E-state index contributed by atoms with van der Waals surface area (Å²) in [6.45, 7) is 4.88. The van der Waals surface area contributed by atoms with E-state index in [-0.39, 0.29) is 25.0 Å². The molecule has 1 N–H and O–H groups in total. The van der Waals surface area contributed by atoms with Gasteiger partial charge in [0.15, 0.2) is 18.1 Å². The third-order valence-electron chi connectivity index (χ3n) is 9.51. The Hall–Kier alpha value is -2.56. The van der Waals surface area contributed by atoms with Crippen molar-refractivity contribution in [1.82, 2.24) is 0 Å². The second kappa shape index (κ2) is 8.47. The number of carbonyl (C=O) groups excluding carboxylic acids is 4. The van der Waals surface area contributed by atoms with Crippen molar-refractivity contribution in [2.75, 3.05) is 6.61 Å². The number of ether oxygens (including phenoxy) is 2. The summed E-state index contributed by atoms with van der Waals surface area (Å²) < 4.78 is 67.2. The van der Waals surface area contributed by atoms with E-state index >= 15 is 4.39 Å². The summed E-state index contributed by atoms with van der Waals surface area (Å²) >= 11 is 0. The van der Waals surface area contributed by atoms with Crippen molar-refractivity contribution < 1.29 is 51.3 Å². The predicted octanol–water partition coefficient (Wildman–Crippen LogP) is 3.58. The molecule has 0 radical (unpaired) electrons. The molecule has 0 spiro atoms. The molecule has 204 valence electrons. The molecule has 37 heavy (non-hydrogen) atoms. The standard InChI is InChI=1S/C26H30F4O7/c1-13-9-18-17-6-5-15-10-16(32)7-8-22(15,3)24(17,27)20(37-21(34)26(28,29)30)11-23(18,4)25(13,35)19(33)12-36-14(2)31/h7-8,10,13,17-18,20,35H,5-6,9,11-12H2,1-4H3/t13-,17+,18+,20+,22+,23+,24+,25+/m1/s1. The van der Waals surface area contributed by atoms with E-state index in [1.807, 2.05) is 0 Å². The summed E-state index contributed by atoms with van der Waals surface area (Å²) in [7, 11) is 0. The van der Waals surface area contributed by atoms with Crippen molar-refractivity contribution in [3.05, 3.63) is 23.8 Å². The zero-order chi connectivity index (χ0) is 27.8. The molecule has 7 nitrogen and oxygen atoms in total. The zero-order valence-corrected chi connectivity index (χ0v) is 21.0. The maximum Gasteiger partial charge on any atom is 0.490 e. The smallest absolute Gasteiger partial charge is 0.458 e. The lowest BCUT2D eigenvalue weighted by molar-refractivity contribution is -0.249. The van der Waals surface area contributed by atoms with Crippen LogP contribution in [0.2, 0.25) is 0 Å². The van der Waals surface area contributed by atoms with Gasteiger partial charge in [0.05, 0.1) is 0 Å². The van der Waals surface area contributed by atoms with Gasteiger partial charge >= 0.3 is 18.1 Å². The number of carbonyl (C=O) groups is 4. The average molecular weight is 531 g/mol. The Balaban J connectivity index is 1.85. The number of aliphatic hydroxyl groups is 1. The van der Waals surface area contributed by atoms with Gasteiger partial charge in [0, 0.05) is 23.7 Å². The number of halogens is 4. The summed E-state index contributed by atoms with van der Waals surface area (Å²) in [5.74, 6) is -6.99. The minimum Gasteiger partial charge on any atom is -0.458 e. The van der Waals surface area contributed by atoms with Gasteiger partial charge in [-0.3, -0.25) is 14.4 Å². The second-order valence-electron chi connectivity index (χ2n) is 11.2.